The lowest BCUT2D eigenvalue weighted by Gasteiger charge is -2.05. The van der Waals surface area contributed by atoms with Crippen molar-refractivity contribution in [1.82, 2.24) is 9.78 Å². The summed E-state index contributed by atoms with van der Waals surface area (Å²) in [5, 5.41) is 6.92. The van der Waals surface area contributed by atoms with Crippen molar-refractivity contribution in [2.45, 2.75) is 6.42 Å². The molecule has 1 aliphatic carbocycles. The minimum Gasteiger partial charge on any atom is -0.319 e. The summed E-state index contributed by atoms with van der Waals surface area (Å²) < 4.78 is 1.66. The molecule has 3 aromatic rings. The van der Waals surface area contributed by atoms with Crippen molar-refractivity contribution < 1.29 is 4.79 Å². The first kappa shape index (κ1) is 12.8. The standard InChI is InChI=1S/C18H15N3O/c1-21-11-15(10-19-21)20-18(22)13-6-7-17-14(9-13)8-12-4-2-3-5-16(12)17/h2-7,9-11H,8H2,1H3,(H,20,22). The summed E-state index contributed by atoms with van der Waals surface area (Å²) in [7, 11) is 1.82. The first-order valence-electron chi connectivity index (χ1n) is 7.22. The second-order valence-corrected chi connectivity index (χ2v) is 5.56. The summed E-state index contributed by atoms with van der Waals surface area (Å²) in [5.41, 5.74) is 6.42. The Morgan fingerprint density at radius 3 is 2.77 bits per heavy atom. The summed E-state index contributed by atoms with van der Waals surface area (Å²) in [6.45, 7) is 0. The topological polar surface area (TPSA) is 46.9 Å². The van der Waals surface area contributed by atoms with Gasteiger partial charge in [-0.3, -0.25) is 9.48 Å². The lowest BCUT2D eigenvalue weighted by molar-refractivity contribution is 0.102. The molecular formula is C18H15N3O. The number of aromatic nitrogens is 2. The minimum absolute atomic E-state index is 0.105. The van der Waals surface area contributed by atoms with Gasteiger partial charge in [0.2, 0.25) is 0 Å². The number of fused-ring (bicyclic) bond motifs is 3. The Labute approximate surface area is 128 Å². The van der Waals surface area contributed by atoms with E-state index in [0.29, 0.717) is 11.3 Å². The number of rotatable bonds is 2. The van der Waals surface area contributed by atoms with Crippen LogP contribution < -0.4 is 5.32 Å². The number of benzene rings is 2. The molecule has 0 fully saturated rings. The fourth-order valence-corrected chi connectivity index (χ4v) is 2.98. The van der Waals surface area contributed by atoms with Crippen LogP contribution in [-0.2, 0) is 13.5 Å². The van der Waals surface area contributed by atoms with Gasteiger partial charge >= 0.3 is 0 Å². The normalized spacial score (nSPS) is 11.9. The second kappa shape index (κ2) is 4.84. The van der Waals surface area contributed by atoms with Crippen LogP contribution in [0.25, 0.3) is 11.1 Å². The highest BCUT2D eigenvalue weighted by Gasteiger charge is 2.19. The van der Waals surface area contributed by atoms with Crippen LogP contribution in [0, 0.1) is 0 Å². The van der Waals surface area contributed by atoms with E-state index in [2.05, 4.69) is 34.7 Å². The molecule has 0 unspecified atom stereocenters. The van der Waals surface area contributed by atoms with Crippen molar-refractivity contribution in [3.05, 3.63) is 71.5 Å². The molecule has 4 heteroatoms. The summed E-state index contributed by atoms with van der Waals surface area (Å²) in [5.74, 6) is -0.105. The summed E-state index contributed by atoms with van der Waals surface area (Å²) in [4.78, 5) is 12.3. The fourth-order valence-electron chi connectivity index (χ4n) is 2.98. The molecule has 2 aromatic carbocycles. The Kier molecular flexibility index (Phi) is 2.82. The first-order chi connectivity index (χ1) is 10.7. The molecule has 0 saturated heterocycles. The fraction of sp³-hybridized carbons (Fsp3) is 0.111. The van der Waals surface area contributed by atoms with Gasteiger partial charge in [-0.2, -0.15) is 5.10 Å². The van der Waals surface area contributed by atoms with E-state index < -0.39 is 0 Å². The molecule has 1 N–H and O–H groups in total. The molecule has 1 heterocycles. The number of aryl methyl sites for hydroxylation is 1. The molecule has 108 valence electrons. The van der Waals surface area contributed by atoms with E-state index in [4.69, 9.17) is 0 Å². The molecule has 1 amide bonds. The van der Waals surface area contributed by atoms with Crippen LogP contribution >= 0.6 is 0 Å². The summed E-state index contributed by atoms with van der Waals surface area (Å²) >= 11 is 0. The Hall–Kier alpha value is -2.88. The van der Waals surface area contributed by atoms with Crippen molar-refractivity contribution in [2.75, 3.05) is 5.32 Å². The molecule has 4 nitrogen and oxygen atoms in total. The van der Waals surface area contributed by atoms with Gasteiger partial charge in [0.05, 0.1) is 11.9 Å². The highest BCUT2D eigenvalue weighted by Crippen LogP contribution is 2.36. The molecule has 1 aliphatic rings. The number of amides is 1. The zero-order chi connectivity index (χ0) is 15.1. The average molecular weight is 289 g/mol. The van der Waals surface area contributed by atoms with Gasteiger partial charge in [-0.1, -0.05) is 30.3 Å². The molecule has 0 saturated carbocycles. The van der Waals surface area contributed by atoms with Gasteiger partial charge in [0.1, 0.15) is 0 Å². The number of hydrogen-bond acceptors (Lipinski definition) is 2. The highest BCUT2D eigenvalue weighted by molar-refractivity contribution is 6.04. The first-order valence-corrected chi connectivity index (χ1v) is 7.22. The molecule has 0 bridgehead atoms. The third-order valence-corrected chi connectivity index (χ3v) is 4.02. The molecule has 4 rings (SSSR count). The number of carbonyl (C=O) groups is 1. The van der Waals surface area contributed by atoms with Gasteiger partial charge in [0.15, 0.2) is 0 Å². The zero-order valence-corrected chi connectivity index (χ0v) is 12.2. The van der Waals surface area contributed by atoms with E-state index in [1.54, 1.807) is 17.1 Å². The summed E-state index contributed by atoms with van der Waals surface area (Å²) in [6.07, 6.45) is 4.31. The number of carbonyl (C=O) groups excluding carboxylic acids is 1. The maximum Gasteiger partial charge on any atom is 0.255 e. The van der Waals surface area contributed by atoms with Crippen LogP contribution in [0.1, 0.15) is 21.5 Å². The van der Waals surface area contributed by atoms with Crippen LogP contribution in [0.4, 0.5) is 5.69 Å². The van der Waals surface area contributed by atoms with E-state index in [1.165, 1.54) is 22.3 Å². The monoisotopic (exact) mass is 289 g/mol. The van der Waals surface area contributed by atoms with Crippen LogP contribution in [0.3, 0.4) is 0 Å². The molecule has 0 radical (unpaired) electrons. The Bertz CT molecular complexity index is 880. The van der Waals surface area contributed by atoms with Crippen molar-refractivity contribution in [2.24, 2.45) is 7.05 Å². The molecule has 0 spiro atoms. The van der Waals surface area contributed by atoms with Crippen molar-refractivity contribution in [1.29, 1.82) is 0 Å². The lowest BCUT2D eigenvalue weighted by atomic mass is 10.0. The molecule has 1 aromatic heterocycles. The Morgan fingerprint density at radius 1 is 1.14 bits per heavy atom. The smallest absolute Gasteiger partial charge is 0.255 e. The average Bonchev–Trinajstić information content (AvgIpc) is 3.09. The largest absolute Gasteiger partial charge is 0.319 e. The lowest BCUT2D eigenvalue weighted by Crippen LogP contribution is -2.11. The van der Waals surface area contributed by atoms with E-state index in [0.717, 1.165) is 6.42 Å². The predicted molar refractivity (Wildman–Crippen MR) is 85.8 cm³/mol. The van der Waals surface area contributed by atoms with Crippen molar-refractivity contribution in [3.63, 3.8) is 0 Å². The minimum atomic E-state index is -0.105. The summed E-state index contributed by atoms with van der Waals surface area (Å²) in [6, 6.07) is 14.3. The van der Waals surface area contributed by atoms with E-state index >= 15 is 0 Å². The molecule has 0 atom stereocenters. The van der Waals surface area contributed by atoms with Crippen molar-refractivity contribution >= 4 is 11.6 Å². The third kappa shape index (κ3) is 2.09. The molecular weight excluding hydrogens is 274 g/mol. The van der Waals surface area contributed by atoms with Gasteiger partial charge in [0, 0.05) is 18.8 Å². The van der Waals surface area contributed by atoms with Crippen LogP contribution in [-0.4, -0.2) is 15.7 Å². The Morgan fingerprint density at radius 2 is 1.95 bits per heavy atom. The maximum atomic E-state index is 12.3. The van der Waals surface area contributed by atoms with E-state index in [1.807, 2.05) is 25.2 Å². The zero-order valence-electron chi connectivity index (χ0n) is 12.2. The number of anilines is 1. The van der Waals surface area contributed by atoms with Gasteiger partial charge in [-0.25, -0.2) is 0 Å². The quantitative estimate of drug-likeness (QED) is 0.616. The van der Waals surface area contributed by atoms with Gasteiger partial charge in [-0.05, 0) is 40.8 Å². The number of nitrogens with one attached hydrogen (secondary N) is 1. The third-order valence-electron chi connectivity index (χ3n) is 4.02. The SMILES string of the molecule is Cn1cc(NC(=O)c2ccc3c(c2)Cc2ccccc2-3)cn1. The van der Waals surface area contributed by atoms with Gasteiger partial charge in [-0.15, -0.1) is 0 Å². The molecule has 0 aliphatic heterocycles. The van der Waals surface area contributed by atoms with Gasteiger partial charge < -0.3 is 5.32 Å². The van der Waals surface area contributed by atoms with Crippen LogP contribution in [0.2, 0.25) is 0 Å². The van der Waals surface area contributed by atoms with Crippen LogP contribution in [0.15, 0.2) is 54.9 Å². The van der Waals surface area contributed by atoms with Crippen molar-refractivity contribution in [3.8, 4) is 11.1 Å². The predicted octanol–water partition coefficient (Wildman–Crippen LogP) is 3.24. The Balaban J connectivity index is 1.63. The van der Waals surface area contributed by atoms with E-state index in [-0.39, 0.29) is 5.91 Å². The van der Waals surface area contributed by atoms with Crippen LogP contribution in [0.5, 0.6) is 0 Å². The molecule has 22 heavy (non-hydrogen) atoms. The van der Waals surface area contributed by atoms with E-state index in [9.17, 15) is 4.79 Å². The van der Waals surface area contributed by atoms with Gasteiger partial charge in [0.25, 0.3) is 5.91 Å². The highest BCUT2D eigenvalue weighted by atomic mass is 16.1. The number of hydrogen-bond donors (Lipinski definition) is 1. The second-order valence-electron chi connectivity index (χ2n) is 5.56. The maximum absolute atomic E-state index is 12.3. The number of nitrogens with zero attached hydrogens (tertiary/aromatic N) is 2.